The molecule has 1 amide bonds. The summed E-state index contributed by atoms with van der Waals surface area (Å²) in [7, 11) is 0. The van der Waals surface area contributed by atoms with Gasteiger partial charge in [-0.3, -0.25) is 4.79 Å². The first-order valence-corrected chi connectivity index (χ1v) is 7.82. The molecule has 0 saturated heterocycles. The molecule has 0 aliphatic heterocycles. The average Bonchev–Trinajstić information content (AvgIpc) is 2.62. The van der Waals surface area contributed by atoms with Crippen LogP contribution in [0.5, 0.6) is 0 Å². The molecule has 0 fully saturated rings. The van der Waals surface area contributed by atoms with Gasteiger partial charge in [-0.05, 0) is 29.8 Å². The number of nitrogens with one attached hydrogen (secondary N) is 2. The number of aromatic nitrogens is 3. The fourth-order valence-corrected chi connectivity index (χ4v) is 2.24. The summed E-state index contributed by atoms with van der Waals surface area (Å²) in [6.45, 7) is 0.539. The number of pyridine rings is 1. The summed E-state index contributed by atoms with van der Waals surface area (Å²) < 4.78 is 0. The Morgan fingerprint density at radius 3 is 2.68 bits per heavy atom. The zero-order valence-corrected chi connectivity index (χ0v) is 13.9. The zero-order chi connectivity index (χ0) is 17.6. The van der Waals surface area contributed by atoms with Crippen LogP contribution in [0.3, 0.4) is 0 Å². The molecule has 2 aromatic heterocycles. The summed E-state index contributed by atoms with van der Waals surface area (Å²) in [6.07, 6.45) is 4.39. The lowest BCUT2D eigenvalue weighted by molar-refractivity contribution is 0.101. The van der Waals surface area contributed by atoms with Crippen LogP contribution in [0.15, 0.2) is 55.0 Å². The third kappa shape index (κ3) is 4.42. The van der Waals surface area contributed by atoms with Crippen molar-refractivity contribution in [2.45, 2.75) is 6.54 Å². The van der Waals surface area contributed by atoms with Gasteiger partial charge in [0.15, 0.2) is 0 Å². The number of amides is 1. The van der Waals surface area contributed by atoms with E-state index in [1.54, 1.807) is 18.3 Å². The molecule has 0 atom stereocenters. The molecule has 0 saturated carbocycles. The predicted octanol–water partition coefficient (Wildman–Crippen LogP) is 2.97. The lowest BCUT2D eigenvalue weighted by Crippen LogP contribution is -2.15. The van der Waals surface area contributed by atoms with Gasteiger partial charge in [-0.15, -0.1) is 0 Å². The van der Waals surface area contributed by atoms with Crippen molar-refractivity contribution in [2.75, 3.05) is 16.4 Å². The smallest absolute Gasteiger partial charge is 0.293 e. The summed E-state index contributed by atoms with van der Waals surface area (Å²) in [5.41, 5.74) is 8.17. The second-order valence-corrected chi connectivity index (χ2v) is 5.61. The molecule has 0 radical (unpaired) electrons. The second kappa shape index (κ2) is 7.59. The molecule has 25 heavy (non-hydrogen) atoms. The van der Waals surface area contributed by atoms with Gasteiger partial charge in [-0.1, -0.05) is 23.7 Å². The Labute approximate surface area is 149 Å². The molecular formula is C17H15ClN6O. The number of hydrogen-bond acceptors (Lipinski definition) is 6. The minimum Gasteiger partial charge on any atom is -0.382 e. The topological polar surface area (TPSA) is 106 Å². The van der Waals surface area contributed by atoms with Crippen LogP contribution in [-0.4, -0.2) is 20.9 Å². The molecule has 0 unspecified atom stereocenters. The summed E-state index contributed by atoms with van der Waals surface area (Å²) in [6, 6.07) is 11.1. The van der Waals surface area contributed by atoms with Crippen LogP contribution in [0.4, 0.5) is 17.2 Å². The number of carbonyl (C=O) groups excluding carboxylic acids is 1. The Balaban J connectivity index is 1.66. The predicted molar refractivity (Wildman–Crippen MR) is 97.4 cm³/mol. The Hall–Kier alpha value is -3.19. The highest BCUT2D eigenvalue weighted by Crippen LogP contribution is 2.17. The maximum Gasteiger partial charge on any atom is 0.293 e. The molecule has 3 rings (SSSR count). The highest BCUT2D eigenvalue weighted by Gasteiger charge is 2.09. The number of nitrogen functional groups attached to an aromatic ring is 1. The fraction of sp³-hybridized carbons (Fsp3) is 0.0588. The molecule has 7 nitrogen and oxygen atoms in total. The van der Waals surface area contributed by atoms with Crippen molar-refractivity contribution in [1.82, 2.24) is 15.0 Å². The van der Waals surface area contributed by atoms with Crippen LogP contribution in [0.1, 0.15) is 16.2 Å². The van der Waals surface area contributed by atoms with Crippen molar-refractivity contribution in [3.63, 3.8) is 0 Å². The van der Waals surface area contributed by atoms with E-state index in [0.717, 1.165) is 11.3 Å². The van der Waals surface area contributed by atoms with Gasteiger partial charge in [-0.2, -0.15) is 0 Å². The monoisotopic (exact) mass is 354 g/mol. The van der Waals surface area contributed by atoms with E-state index < -0.39 is 5.91 Å². The number of carbonyl (C=O) groups is 1. The minimum absolute atomic E-state index is 0.0519. The lowest BCUT2D eigenvalue weighted by Gasteiger charge is -2.10. The molecule has 4 N–H and O–H groups in total. The number of nitrogens with zero attached hydrogens (tertiary/aromatic N) is 3. The fourth-order valence-electron chi connectivity index (χ4n) is 2.14. The number of benzene rings is 1. The first-order chi connectivity index (χ1) is 12.1. The number of anilines is 3. The number of hydrogen-bond donors (Lipinski definition) is 3. The first-order valence-electron chi connectivity index (χ1n) is 7.44. The quantitative estimate of drug-likeness (QED) is 0.650. The van der Waals surface area contributed by atoms with Crippen molar-refractivity contribution >= 4 is 34.7 Å². The first kappa shape index (κ1) is 16.7. The van der Waals surface area contributed by atoms with Crippen LogP contribution in [0.25, 0.3) is 0 Å². The van der Waals surface area contributed by atoms with Gasteiger partial charge in [0, 0.05) is 30.8 Å². The maximum absolute atomic E-state index is 12.1. The lowest BCUT2D eigenvalue weighted by atomic mass is 10.2. The van der Waals surface area contributed by atoms with Crippen molar-refractivity contribution in [1.29, 1.82) is 0 Å². The van der Waals surface area contributed by atoms with E-state index in [-0.39, 0.29) is 5.82 Å². The molecule has 0 aliphatic carbocycles. The van der Waals surface area contributed by atoms with Crippen LogP contribution >= 0.6 is 11.6 Å². The van der Waals surface area contributed by atoms with E-state index in [4.69, 9.17) is 17.3 Å². The molecule has 126 valence electrons. The van der Waals surface area contributed by atoms with Gasteiger partial charge in [-0.25, -0.2) is 15.0 Å². The highest BCUT2D eigenvalue weighted by molar-refractivity contribution is 6.30. The van der Waals surface area contributed by atoms with E-state index in [2.05, 4.69) is 25.6 Å². The Bertz CT molecular complexity index is 884. The molecule has 3 aromatic rings. The zero-order valence-electron chi connectivity index (χ0n) is 13.1. The van der Waals surface area contributed by atoms with E-state index in [0.29, 0.717) is 23.1 Å². The molecule has 0 spiro atoms. The average molecular weight is 355 g/mol. The molecular weight excluding hydrogens is 340 g/mol. The Kier molecular flexibility index (Phi) is 5.06. The van der Waals surface area contributed by atoms with Gasteiger partial charge in [0.1, 0.15) is 5.82 Å². The van der Waals surface area contributed by atoms with Gasteiger partial charge < -0.3 is 16.4 Å². The van der Waals surface area contributed by atoms with Gasteiger partial charge in [0.2, 0.25) is 5.82 Å². The normalized spacial score (nSPS) is 10.3. The van der Waals surface area contributed by atoms with Crippen molar-refractivity contribution in [3.05, 3.63) is 71.4 Å². The molecule has 2 heterocycles. The van der Waals surface area contributed by atoms with E-state index in [1.165, 1.54) is 12.4 Å². The summed E-state index contributed by atoms with van der Waals surface area (Å²) >= 11 is 5.72. The number of halogens is 1. The molecule has 0 aliphatic rings. The Morgan fingerprint density at radius 2 is 1.92 bits per heavy atom. The SMILES string of the molecule is Nc1ncccc1NCc1cccc(NC(=O)c2ncc(Cl)cn2)c1. The largest absolute Gasteiger partial charge is 0.382 e. The van der Waals surface area contributed by atoms with E-state index in [9.17, 15) is 4.79 Å². The summed E-state index contributed by atoms with van der Waals surface area (Å²) in [4.78, 5) is 24.0. The number of nitrogens with two attached hydrogens (primary N) is 1. The van der Waals surface area contributed by atoms with E-state index >= 15 is 0 Å². The van der Waals surface area contributed by atoms with E-state index in [1.807, 2.05) is 24.3 Å². The van der Waals surface area contributed by atoms with Crippen LogP contribution < -0.4 is 16.4 Å². The standard InChI is InChI=1S/C17H15ClN6O/c18-12-9-22-16(23-10-12)17(25)24-13-4-1-3-11(7-13)8-21-14-5-2-6-20-15(14)19/h1-7,9-10,21H,8H2,(H2,19,20)(H,24,25). The van der Waals surface area contributed by atoms with Gasteiger partial charge in [0.05, 0.1) is 10.7 Å². The van der Waals surface area contributed by atoms with Crippen molar-refractivity contribution in [3.8, 4) is 0 Å². The highest BCUT2D eigenvalue weighted by atomic mass is 35.5. The second-order valence-electron chi connectivity index (χ2n) is 5.17. The van der Waals surface area contributed by atoms with Crippen LogP contribution in [0, 0.1) is 0 Å². The third-order valence-corrected chi connectivity index (χ3v) is 3.52. The molecule has 0 bridgehead atoms. The molecule has 1 aromatic carbocycles. The number of rotatable bonds is 5. The van der Waals surface area contributed by atoms with Crippen LogP contribution in [-0.2, 0) is 6.54 Å². The third-order valence-electron chi connectivity index (χ3n) is 3.33. The Morgan fingerprint density at radius 1 is 1.12 bits per heavy atom. The van der Waals surface area contributed by atoms with Gasteiger partial charge >= 0.3 is 0 Å². The maximum atomic E-state index is 12.1. The molecule has 8 heteroatoms. The van der Waals surface area contributed by atoms with Crippen molar-refractivity contribution < 1.29 is 4.79 Å². The summed E-state index contributed by atoms with van der Waals surface area (Å²) in [5, 5.41) is 6.34. The van der Waals surface area contributed by atoms with Crippen LogP contribution in [0.2, 0.25) is 5.02 Å². The minimum atomic E-state index is -0.404. The van der Waals surface area contributed by atoms with Gasteiger partial charge in [0.25, 0.3) is 5.91 Å². The summed E-state index contributed by atoms with van der Waals surface area (Å²) in [5.74, 6) is 0.0844. The van der Waals surface area contributed by atoms with Crippen molar-refractivity contribution in [2.24, 2.45) is 0 Å².